The molecule has 0 bridgehead atoms. The third kappa shape index (κ3) is 1.89. The second-order valence-corrected chi connectivity index (χ2v) is 5.79. The minimum atomic E-state index is -3.05. The lowest BCUT2D eigenvalue weighted by Gasteiger charge is -2.42. The highest BCUT2D eigenvalue weighted by Gasteiger charge is 2.55. The Balaban J connectivity index is 2.60. The molecule has 98 valence electrons. The average Bonchev–Trinajstić information content (AvgIpc) is 2.18. The Hall–Kier alpha value is -1.45. The first-order valence-electron chi connectivity index (χ1n) is 5.95. The van der Waals surface area contributed by atoms with E-state index < -0.39 is 18.4 Å². The van der Waals surface area contributed by atoms with Gasteiger partial charge in [-0.05, 0) is 23.5 Å². The van der Waals surface area contributed by atoms with Crippen molar-refractivity contribution in [1.82, 2.24) is 0 Å². The molecule has 0 atom stereocenters. The van der Waals surface area contributed by atoms with Gasteiger partial charge in [-0.2, -0.15) is 8.78 Å². The van der Waals surface area contributed by atoms with Crippen LogP contribution in [0.1, 0.15) is 38.3 Å². The van der Waals surface area contributed by atoms with Crippen LogP contribution in [0.3, 0.4) is 0 Å². The molecule has 1 aliphatic rings. The van der Waals surface area contributed by atoms with Gasteiger partial charge in [-0.15, -0.1) is 0 Å². The Bertz CT molecular complexity index is 503. The van der Waals surface area contributed by atoms with Crippen molar-refractivity contribution in [3.63, 3.8) is 0 Å². The van der Waals surface area contributed by atoms with Crippen molar-refractivity contribution >= 4 is 11.6 Å². The van der Waals surface area contributed by atoms with Crippen molar-refractivity contribution in [1.29, 1.82) is 0 Å². The second kappa shape index (κ2) is 3.77. The molecule has 0 unspecified atom stereocenters. The maximum atomic E-state index is 13.6. The van der Waals surface area contributed by atoms with E-state index in [1.165, 1.54) is 0 Å². The standard InChI is InChI=1S/C14H17F2NO/c1-9-6-5-7-10(13(2,3)4)12(9)17-11(18)8-14(17,15)16/h5-7H,8H2,1-4H3. The van der Waals surface area contributed by atoms with E-state index in [0.717, 1.165) is 5.56 Å². The predicted octanol–water partition coefficient (Wildman–Crippen LogP) is 3.62. The van der Waals surface area contributed by atoms with Gasteiger partial charge in [0.15, 0.2) is 0 Å². The summed E-state index contributed by atoms with van der Waals surface area (Å²) in [5, 5.41) is 0. The smallest absolute Gasteiger partial charge is 0.274 e. The van der Waals surface area contributed by atoms with Crippen LogP contribution in [0.15, 0.2) is 18.2 Å². The summed E-state index contributed by atoms with van der Waals surface area (Å²) in [6.45, 7) is 7.61. The number of amides is 1. The van der Waals surface area contributed by atoms with Crippen LogP contribution in [-0.4, -0.2) is 12.0 Å². The summed E-state index contributed by atoms with van der Waals surface area (Å²) in [7, 11) is 0. The zero-order valence-electron chi connectivity index (χ0n) is 11.1. The van der Waals surface area contributed by atoms with Crippen LogP contribution in [0, 0.1) is 6.92 Å². The van der Waals surface area contributed by atoms with Crippen molar-refractivity contribution < 1.29 is 13.6 Å². The minimum absolute atomic E-state index is 0.284. The molecule has 1 heterocycles. The van der Waals surface area contributed by atoms with E-state index in [0.29, 0.717) is 16.2 Å². The third-order valence-electron chi connectivity index (χ3n) is 3.21. The van der Waals surface area contributed by atoms with Crippen LogP contribution in [-0.2, 0) is 10.2 Å². The Kier molecular flexibility index (Phi) is 2.72. The Morgan fingerprint density at radius 1 is 1.28 bits per heavy atom. The van der Waals surface area contributed by atoms with Crippen LogP contribution >= 0.6 is 0 Å². The van der Waals surface area contributed by atoms with Crippen molar-refractivity contribution in [2.75, 3.05) is 4.90 Å². The number of nitrogens with zero attached hydrogens (tertiary/aromatic N) is 1. The molecule has 0 radical (unpaired) electrons. The third-order valence-corrected chi connectivity index (χ3v) is 3.21. The Morgan fingerprint density at radius 3 is 2.33 bits per heavy atom. The number of benzene rings is 1. The van der Waals surface area contributed by atoms with E-state index in [2.05, 4.69) is 0 Å². The number of halogens is 2. The molecule has 0 spiro atoms. The number of anilines is 1. The van der Waals surface area contributed by atoms with Crippen molar-refractivity contribution in [3.8, 4) is 0 Å². The average molecular weight is 253 g/mol. The lowest BCUT2D eigenvalue weighted by Crippen LogP contribution is -2.59. The topological polar surface area (TPSA) is 20.3 Å². The highest BCUT2D eigenvalue weighted by Crippen LogP contribution is 2.45. The summed E-state index contributed by atoms with van der Waals surface area (Å²) in [5.41, 5.74) is 1.56. The molecular weight excluding hydrogens is 236 g/mol. The van der Waals surface area contributed by atoms with Crippen LogP contribution in [0.25, 0.3) is 0 Å². The lowest BCUT2D eigenvalue weighted by molar-refractivity contribution is -0.147. The van der Waals surface area contributed by atoms with Gasteiger partial charge < -0.3 is 0 Å². The van der Waals surface area contributed by atoms with Crippen molar-refractivity contribution in [3.05, 3.63) is 29.3 Å². The van der Waals surface area contributed by atoms with Crippen LogP contribution < -0.4 is 4.90 Å². The van der Waals surface area contributed by atoms with Gasteiger partial charge in [-0.25, -0.2) is 0 Å². The number of hydrogen-bond donors (Lipinski definition) is 0. The Morgan fingerprint density at radius 2 is 1.89 bits per heavy atom. The van der Waals surface area contributed by atoms with Gasteiger partial charge in [-0.1, -0.05) is 39.0 Å². The van der Waals surface area contributed by atoms with Crippen molar-refractivity contribution in [2.45, 2.75) is 45.6 Å². The molecule has 18 heavy (non-hydrogen) atoms. The fraction of sp³-hybridized carbons (Fsp3) is 0.500. The maximum absolute atomic E-state index is 13.6. The number of β-lactam (4-membered cyclic amide) rings is 1. The van der Waals surface area contributed by atoms with Gasteiger partial charge in [0.2, 0.25) is 5.91 Å². The molecule has 0 aliphatic carbocycles. The molecule has 1 amide bonds. The zero-order valence-corrected chi connectivity index (χ0v) is 11.1. The summed E-state index contributed by atoms with van der Waals surface area (Å²) in [5.74, 6) is -0.514. The SMILES string of the molecule is Cc1cccc(C(C)(C)C)c1N1C(=O)CC1(F)F. The number of para-hydroxylation sites is 1. The molecule has 0 saturated carbocycles. The summed E-state index contributed by atoms with van der Waals surface area (Å²) in [4.78, 5) is 12.2. The number of carbonyl (C=O) groups excluding carboxylic acids is 1. The molecule has 1 saturated heterocycles. The Labute approximate surface area is 106 Å². The highest BCUT2D eigenvalue weighted by molar-refractivity contribution is 6.02. The molecule has 1 fully saturated rings. The summed E-state index contributed by atoms with van der Waals surface area (Å²) < 4.78 is 27.2. The zero-order chi connectivity index (χ0) is 13.7. The van der Waals surface area contributed by atoms with Crippen LogP contribution in [0.5, 0.6) is 0 Å². The van der Waals surface area contributed by atoms with Gasteiger partial charge in [0.1, 0.15) is 6.42 Å². The molecule has 0 aromatic heterocycles. The molecule has 1 aliphatic heterocycles. The first kappa shape index (κ1) is 13.0. The van der Waals surface area contributed by atoms with Gasteiger partial charge in [-0.3, -0.25) is 9.69 Å². The van der Waals surface area contributed by atoms with Gasteiger partial charge in [0.25, 0.3) is 0 Å². The number of carbonyl (C=O) groups is 1. The van der Waals surface area contributed by atoms with Gasteiger partial charge in [0.05, 0.1) is 5.69 Å². The fourth-order valence-corrected chi connectivity index (χ4v) is 2.28. The first-order chi connectivity index (χ1) is 8.14. The summed E-state index contributed by atoms with van der Waals surface area (Å²) in [6, 6.07) is 2.35. The van der Waals surface area contributed by atoms with Gasteiger partial charge in [0, 0.05) is 0 Å². The first-order valence-corrected chi connectivity index (χ1v) is 5.95. The molecule has 2 nitrogen and oxygen atoms in total. The monoisotopic (exact) mass is 253 g/mol. The normalized spacial score (nSPS) is 18.8. The largest absolute Gasteiger partial charge is 0.340 e. The van der Waals surface area contributed by atoms with E-state index in [9.17, 15) is 13.6 Å². The van der Waals surface area contributed by atoms with E-state index in [4.69, 9.17) is 0 Å². The quantitative estimate of drug-likeness (QED) is 0.553. The predicted molar refractivity (Wildman–Crippen MR) is 66.9 cm³/mol. The molecule has 2 rings (SSSR count). The van der Waals surface area contributed by atoms with E-state index >= 15 is 0 Å². The molecule has 1 aromatic carbocycles. The number of alkyl halides is 2. The summed E-state index contributed by atoms with van der Waals surface area (Å²) >= 11 is 0. The minimum Gasteiger partial charge on any atom is -0.274 e. The van der Waals surface area contributed by atoms with Crippen LogP contribution in [0.2, 0.25) is 0 Å². The number of rotatable bonds is 1. The molecule has 0 N–H and O–H groups in total. The fourth-order valence-electron chi connectivity index (χ4n) is 2.28. The lowest BCUT2D eigenvalue weighted by atomic mass is 9.83. The molecule has 1 aromatic rings. The van der Waals surface area contributed by atoms with E-state index in [-0.39, 0.29) is 5.41 Å². The molecule has 4 heteroatoms. The maximum Gasteiger partial charge on any atom is 0.340 e. The van der Waals surface area contributed by atoms with E-state index in [1.54, 1.807) is 13.0 Å². The number of hydrogen-bond acceptors (Lipinski definition) is 1. The molecular formula is C14H17F2NO. The van der Waals surface area contributed by atoms with Crippen molar-refractivity contribution in [2.24, 2.45) is 0 Å². The van der Waals surface area contributed by atoms with E-state index in [1.807, 2.05) is 32.9 Å². The number of aryl methyl sites for hydroxylation is 1. The highest BCUT2D eigenvalue weighted by atomic mass is 19.3. The van der Waals surface area contributed by atoms with Gasteiger partial charge >= 0.3 is 6.05 Å². The second-order valence-electron chi connectivity index (χ2n) is 5.79. The summed E-state index contributed by atoms with van der Waals surface area (Å²) in [6.07, 6.45) is -0.690. The van der Waals surface area contributed by atoms with Crippen LogP contribution in [0.4, 0.5) is 14.5 Å².